The summed E-state index contributed by atoms with van der Waals surface area (Å²) in [5, 5.41) is 3.09. The summed E-state index contributed by atoms with van der Waals surface area (Å²) in [7, 11) is 0. The van der Waals surface area contributed by atoms with Crippen LogP contribution in [0.3, 0.4) is 0 Å². The van der Waals surface area contributed by atoms with E-state index >= 15 is 0 Å². The second-order valence-electron chi connectivity index (χ2n) is 3.74. The molecule has 1 saturated carbocycles. The second-order valence-corrected chi connectivity index (χ2v) is 3.74. The Morgan fingerprint density at radius 2 is 2.00 bits per heavy atom. The Labute approximate surface area is 70.3 Å². The highest BCUT2D eigenvalue weighted by molar-refractivity contribution is 4.94. The van der Waals surface area contributed by atoms with Crippen LogP contribution in [0.1, 0.15) is 26.7 Å². The van der Waals surface area contributed by atoms with E-state index in [-0.39, 0.29) is 18.0 Å². The van der Waals surface area contributed by atoms with Gasteiger partial charge in [-0.25, -0.2) is 0 Å². The normalized spacial score (nSPS) is 29.5. The van der Waals surface area contributed by atoms with Crippen LogP contribution in [-0.2, 0) is 0 Å². The van der Waals surface area contributed by atoms with Crippen molar-refractivity contribution in [3.63, 3.8) is 0 Å². The zero-order chi connectivity index (χ0) is 9.35. The topological polar surface area (TPSA) is 12.0 Å². The van der Waals surface area contributed by atoms with Crippen LogP contribution in [0.15, 0.2) is 0 Å². The molecule has 0 bridgehead atoms. The van der Waals surface area contributed by atoms with E-state index in [1.54, 1.807) is 0 Å². The molecule has 0 amide bonds. The first-order valence-corrected chi connectivity index (χ1v) is 4.21. The van der Waals surface area contributed by atoms with E-state index < -0.39 is 12.6 Å². The minimum atomic E-state index is -3.99. The minimum Gasteiger partial charge on any atom is -0.311 e. The summed E-state index contributed by atoms with van der Waals surface area (Å²) < 4.78 is 35.5. The Balaban J connectivity index is 2.16. The maximum atomic E-state index is 11.8. The molecule has 0 aliphatic heterocycles. The molecule has 0 spiro atoms. The zero-order valence-corrected chi connectivity index (χ0v) is 7.28. The monoisotopic (exact) mass is 181 g/mol. The van der Waals surface area contributed by atoms with Crippen molar-refractivity contribution in [2.45, 2.75) is 44.9 Å². The van der Waals surface area contributed by atoms with E-state index in [0.29, 0.717) is 6.42 Å². The van der Waals surface area contributed by atoms with Gasteiger partial charge in [0.05, 0.1) is 0 Å². The van der Waals surface area contributed by atoms with Crippen LogP contribution in [0.4, 0.5) is 13.2 Å². The van der Waals surface area contributed by atoms with Crippen molar-refractivity contribution in [1.29, 1.82) is 0 Å². The van der Waals surface area contributed by atoms with Crippen molar-refractivity contribution in [3.05, 3.63) is 0 Å². The number of hydrogen-bond acceptors (Lipinski definition) is 1. The molecule has 72 valence electrons. The van der Waals surface area contributed by atoms with E-state index in [0.717, 1.165) is 0 Å². The molecule has 12 heavy (non-hydrogen) atoms. The third-order valence-electron chi connectivity index (χ3n) is 1.96. The SMILES string of the molecule is CC(C)NC1C[C@@H]1CC(F)(F)F. The average Bonchev–Trinajstić information content (AvgIpc) is 2.40. The van der Waals surface area contributed by atoms with Crippen molar-refractivity contribution in [1.82, 2.24) is 5.32 Å². The summed E-state index contributed by atoms with van der Waals surface area (Å²) in [5.41, 5.74) is 0. The van der Waals surface area contributed by atoms with Crippen LogP contribution in [0.25, 0.3) is 0 Å². The van der Waals surface area contributed by atoms with Gasteiger partial charge in [0, 0.05) is 18.5 Å². The molecule has 1 unspecified atom stereocenters. The number of halogens is 3. The van der Waals surface area contributed by atoms with Crippen LogP contribution in [0.2, 0.25) is 0 Å². The minimum absolute atomic E-state index is 0.103. The lowest BCUT2D eigenvalue weighted by molar-refractivity contribution is -0.138. The highest BCUT2D eigenvalue weighted by Crippen LogP contribution is 2.40. The lowest BCUT2D eigenvalue weighted by Crippen LogP contribution is -2.27. The van der Waals surface area contributed by atoms with Crippen molar-refractivity contribution in [2.75, 3.05) is 0 Å². The van der Waals surface area contributed by atoms with E-state index in [4.69, 9.17) is 0 Å². The largest absolute Gasteiger partial charge is 0.389 e. The third kappa shape index (κ3) is 3.43. The highest BCUT2D eigenvalue weighted by atomic mass is 19.4. The van der Waals surface area contributed by atoms with Gasteiger partial charge in [-0.15, -0.1) is 0 Å². The summed E-state index contributed by atoms with van der Waals surface area (Å²) in [6.45, 7) is 3.89. The average molecular weight is 181 g/mol. The number of nitrogens with one attached hydrogen (secondary N) is 1. The first kappa shape index (κ1) is 9.84. The molecule has 1 nitrogen and oxygen atoms in total. The van der Waals surface area contributed by atoms with E-state index in [1.807, 2.05) is 13.8 Å². The molecule has 0 aromatic carbocycles. The Kier molecular flexibility index (Phi) is 2.66. The fraction of sp³-hybridized carbons (Fsp3) is 1.00. The van der Waals surface area contributed by atoms with Gasteiger partial charge in [0.1, 0.15) is 0 Å². The standard InChI is InChI=1S/C8H14F3N/c1-5(2)12-7-3-6(7)4-8(9,10)11/h5-7,12H,3-4H2,1-2H3/t6-,7?/m1/s1. The Bertz CT molecular complexity index is 153. The van der Waals surface area contributed by atoms with Gasteiger partial charge in [0.25, 0.3) is 0 Å². The fourth-order valence-electron chi connectivity index (χ4n) is 1.40. The maximum absolute atomic E-state index is 11.8. The van der Waals surface area contributed by atoms with Crippen LogP contribution in [0.5, 0.6) is 0 Å². The Hall–Kier alpha value is -0.250. The van der Waals surface area contributed by atoms with E-state index in [2.05, 4.69) is 5.32 Å². The molecule has 0 aromatic rings. The summed E-state index contributed by atoms with van der Waals surface area (Å²) in [6, 6.07) is 0.389. The van der Waals surface area contributed by atoms with Gasteiger partial charge in [-0.05, 0) is 12.3 Å². The molecule has 0 aromatic heterocycles. The van der Waals surface area contributed by atoms with Gasteiger partial charge in [-0.3, -0.25) is 0 Å². The first-order valence-electron chi connectivity index (χ1n) is 4.21. The molecule has 1 fully saturated rings. The first-order chi connectivity index (χ1) is 5.38. The Morgan fingerprint density at radius 3 is 2.42 bits per heavy atom. The smallest absolute Gasteiger partial charge is 0.311 e. The summed E-state index contributed by atoms with van der Waals surface area (Å²) in [5.74, 6) is -0.174. The van der Waals surface area contributed by atoms with E-state index in [1.165, 1.54) is 0 Å². The van der Waals surface area contributed by atoms with Gasteiger partial charge in [-0.1, -0.05) is 13.8 Å². The molecule has 0 saturated heterocycles. The molecule has 1 aliphatic rings. The Morgan fingerprint density at radius 1 is 1.42 bits per heavy atom. The van der Waals surface area contributed by atoms with Crippen LogP contribution < -0.4 is 5.32 Å². The molecule has 1 rings (SSSR count). The third-order valence-corrected chi connectivity index (χ3v) is 1.96. The fourth-order valence-corrected chi connectivity index (χ4v) is 1.40. The summed E-state index contributed by atoms with van der Waals surface area (Å²) in [6.07, 6.45) is -3.94. The lowest BCUT2D eigenvalue weighted by atomic mass is 10.2. The number of hydrogen-bond donors (Lipinski definition) is 1. The van der Waals surface area contributed by atoms with Gasteiger partial charge in [-0.2, -0.15) is 13.2 Å². The quantitative estimate of drug-likeness (QED) is 0.704. The molecular weight excluding hydrogens is 167 g/mol. The van der Waals surface area contributed by atoms with Gasteiger partial charge in [0.2, 0.25) is 0 Å². The number of rotatable bonds is 3. The van der Waals surface area contributed by atoms with Gasteiger partial charge < -0.3 is 5.32 Å². The zero-order valence-electron chi connectivity index (χ0n) is 7.28. The maximum Gasteiger partial charge on any atom is 0.389 e. The molecule has 2 atom stereocenters. The molecule has 1 aliphatic carbocycles. The predicted octanol–water partition coefficient (Wildman–Crippen LogP) is 2.33. The van der Waals surface area contributed by atoms with Crippen LogP contribution in [0, 0.1) is 5.92 Å². The lowest BCUT2D eigenvalue weighted by Gasteiger charge is -2.08. The van der Waals surface area contributed by atoms with E-state index in [9.17, 15) is 13.2 Å². The van der Waals surface area contributed by atoms with Crippen molar-refractivity contribution in [2.24, 2.45) is 5.92 Å². The second kappa shape index (κ2) is 3.24. The van der Waals surface area contributed by atoms with Crippen LogP contribution >= 0.6 is 0 Å². The van der Waals surface area contributed by atoms with Crippen molar-refractivity contribution < 1.29 is 13.2 Å². The summed E-state index contributed by atoms with van der Waals surface area (Å²) >= 11 is 0. The molecule has 0 radical (unpaired) electrons. The van der Waals surface area contributed by atoms with Crippen molar-refractivity contribution in [3.8, 4) is 0 Å². The molecule has 1 N–H and O–H groups in total. The highest BCUT2D eigenvalue weighted by Gasteiger charge is 2.44. The molecular formula is C8H14F3N. The van der Waals surface area contributed by atoms with Crippen LogP contribution in [-0.4, -0.2) is 18.3 Å². The molecule has 0 heterocycles. The molecule has 4 heteroatoms. The predicted molar refractivity (Wildman–Crippen MR) is 40.8 cm³/mol. The van der Waals surface area contributed by atoms with Crippen molar-refractivity contribution >= 4 is 0 Å². The van der Waals surface area contributed by atoms with Gasteiger partial charge in [0.15, 0.2) is 0 Å². The van der Waals surface area contributed by atoms with Gasteiger partial charge >= 0.3 is 6.18 Å². The number of alkyl halides is 3. The summed E-state index contributed by atoms with van der Waals surface area (Å²) in [4.78, 5) is 0.